The molecule has 3 nitrogen and oxygen atoms in total. The smallest absolute Gasteiger partial charge is 0.159 e. The van der Waals surface area contributed by atoms with E-state index in [4.69, 9.17) is 0 Å². The van der Waals surface area contributed by atoms with Crippen LogP contribution in [-0.4, -0.2) is 16.5 Å². The molecule has 0 unspecified atom stereocenters. The number of rotatable bonds is 5. The highest BCUT2D eigenvalue weighted by Crippen LogP contribution is 2.17. The quantitative estimate of drug-likeness (QED) is 0.912. The van der Waals surface area contributed by atoms with Crippen molar-refractivity contribution in [3.8, 4) is 11.4 Å². The van der Waals surface area contributed by atoms with E-state index in [0.717, 1.165) is 18.2 Å². The Morgan fingerprint density at radius 3 is 2.20 bits per heavy atom. The minimum atomic E-state index is -0.633. The SMILES string of the molecule is CC(C)CNCc1cnc(-c2cc(F)cc(F)c2)nc1. The van der Waals surface area contributed by atoms with Crippen molar-refractivity contribution in [3.63, 3.8) is 0 Å². The standard InChI is InChI=1S/C15H17F2N3/c1-10(2)6-18-7-11-8-19-15(20-9-11)12-3-13(16)5-14(17)4-12/h3-5,8-10,18H,6-7H2,1-2H3. The van der Waals surface area contributed by atoms with E-state index in [1.807, 2.05) is 0 Å². The fourth-order valence-electron chi connectivity index (χ4n) is 1.78. The van der Waals surface area contributed by atoms with Gasteiger partial charge in [-0.25, -0.2) is 18.7 Å². The Morgan fingerprint density at radius 2 is 1.65 bits per heavy atom. The molecule has 1 aromatic heterocycles. The second-order valence-corrected chi connectivity index (χ2v) is 5.10. The van der Waals surface area contributed by atoms with Gasteiger partial charge in [-0.3, -0.25) is 0 Å². The predicted octanol–water partition coefficient (Wildman–Crippen LogP) is 3.17. The van der Waals surface area contributed by atoms with Crippen LogP contribution in [0.25, 0.3) is 11.4 Å². The number of hydrogen-bond acceptors (Lipinski definition) is 3. The lowest BCUT2D eigenvalue weighted by Gasteiger charge is -2.07. The van der Waals surface area contributed by atoms with Gasteiger partial charge in [0.05, 0.1) is 0 Å². The predicted molar refractivity (Wildman–Crippen MR) is 73.9 cm³/mol. The molecule has 1 N–H and O–H groups in total. The summed E-state index contributed by atoms with van der Waals surface area (Å²) in [5.74, 6) is -0.376. The molecule has 0 aliphatic carbocycles. The lowest BCUT2D eigenvalue weighted by atomic mass is 10.2. The molecular weight excluding hydrogens is 260 g/mol. The molecular formula is C15H17F2N3. The summed E-state index contributed by atoms with van der Waals surface area (Å²) < 4.78 is 26.3. The molecule has 0 bridgehead atoms. The van der Waals surface area contributed by atoms with Crippen molar-refractivity contribution in [1.82, 2.24) is 15.3 Å². The fourth-order valence-corrected chi connectivity index (χ4v) is 1.78. The molecule has 1 aromatic carbocycles. The summed E-state index contributed by atoms with van der Waals surface area (Å²) in [6.45, 7) is 5.85. The van der Waals surface area contributed by atoms with Crippen molar-refractivity contribution in [2.75, 3.05) is 6.54 Å². The third-order valence-corrected chi connectivity index (χ3v) is 2.71. The zero-order valence-corrected chi connectivity index (χ0v) is 11.5. The summed E-state index contributed by atoms with van der Waals surface area (Å²) in [5, 5.41) is 3.28. The second-order valence-electron chi connectivity index (χ2n) is 5.10. The zero-order valence-electron chi connectivity index (χ0n) is 11.5. The highest BCUT2D eigenvalue weighted by atomic mass is 19.1. The normalized spacial score (nSPS) is 11.1. The number of hydrogen-bond donors (Lipinski definition) is 1. The van der Waals surface area contributed by atoms with Crippen LogP contribution in [0.4, 0.5) is 8.78 Å². The fraction of sp³-hybridized carbons (Fsp3) is 0.333. The van der Waals surface area contributed by atoms with Gasteiger partial charge in [-0.2, -0.15) is 0 Å². The van der Waals surface area contributed by atoms with Crippen LogP contribution in [-0.2, 0) is 6.54 Å². The van der Waals surface area contributed by atoms with Gasteiger partial charge in [0, 0.05) is 36.1 Å². The largest absolute Gasteiger partial charge is 0.312 e. The summed E-state index contributed by atoms with van der Waals surface area (Å²) in [4.78, 5) is 8.29. The summed E-state index contributed by atoms with van der Waals surface area (Å²) in [7, 11) is 0. The zero-order chi connectivity index (χ0) is 14.5. The van der Waals surface area contributed by atoms with Crippen molar-refractivity contribution in [2.24, 2.45) is 5.92 Å². The van der Waals surface area contributed by atoms with E-state index in [9.17, 15) is 8.78 Å². The second kappa shape index (κ2) is 6.52. The Kier molecular flexibility index (Phi) is 4.74. The third-order valence-electron chi connectivity index (χ3n) is 2.71. The van der Waals surface area contributed by atoms with Gasteiger partial charge >= 0.3 is 0 Å². The Bertz CT molecular complexity index is 548. The first kappa shape index (κ1) is 14.5. The van der Waals surface area contributed by atoms with Crippen molar-refractivity contribution in [2.45, 2.75) is 20.4 Å². The van der Waals surface area contributed by atoms with Gasteiger partial charge in [-0.1, -0.05) is 13.8 Å². The van der Waals surface area contributed by atoms with Crippen LogP contribution in [0.3, 0.4) is 0 Å². The minimum Gasteiger partial charge on any atom is -0.312 e. The number of nitrogens with one attached hydrogen (secondary N) is 1. The Balaban J connectivity index is 2.07. The molecule has 5 heteroatoms. The van der Waals surface area contributed by atoms with Gasteiger partial charge in [-0.15, -0.1) is 0 Å². The number of halogens is 2. The maximum Gasteiger partial charge on any atom is 0.159 e. The van der Waals surface area contributed by atoms with E-state index in [1.165, 1.54) is 12.1 Å². The average Bonchev–Trinajstić information content (AvgIpc) is 2.38. The molecule has 2 rings (SSSR count). The third kappa shape index (κ3) is 4.06. The summed E-state index contributed by atoms with van der Waals surface area (Å²) in [6, 6.07) is 3.26. The molecule has 20 heavy (non-hydrogen) atoms. The van der Waals surface area contributed by atoms with Crippen LogP contribution in [0.15, 0.2) is 30.6 Å². The van der Waals surface area contributed by atoms with E-state index in [-0.39, 0.29) is 0 Å². The Hall–Kier alpha value is -1.88. The number of nitrogens with zero attached hydrogens (tertiary/aromatic N) is 2. The van der Waals surface area contributed by atoms with Gasteiger partial charge in [0.2, 0.25) is 0 Å². The average molecular weight is 277 g/mol. The number of aromatic nitrogens is 2. The van der Waals surface area contributed by atoms with Crippen molar-refractivity contribution < 1.29 is 8.78 Å². The molecule has 0 spiro atoms. The highest BCUT2D eigenvalue weighted by Gasteiger charge is 2.06. The lowest BCUT2D eigenvalue weighted by molar-refractivity contribution is 0.551. The van der Waals surface area contributed by atoms with Crippen LogP contribution in [0.5, 0.6) is 0 Å². The van der Waals surface area contributed by atoms with Crippen molar-refractivity contribution in [1.29, 1.82) is 0 Å². The summed E-state index contributed by atoms with van der Waals surface area (Å²) >= 11 is 0. The molecule has 0 aliphatic heterocycles. The van der Waals surface area contributed by atoms with Crippen LogP contribution < -0.4 is 5.32 Å². The lowest BCUT2D eigenvalue weighted by Crippen LogP contribution is -2.19. The van der Waals surface area contributed by atoms with Crippen LogP contribution >= 0.6 is 0 Å². The van der Waals surface area contributed by atoms with Crippen LogP contribution in [0.1, 0.15) is 19.4 Å². The topological polar surface area (TPSA) is 37.8 Å². The molecule has 0 saturated carbocycles. The molecule has 0 amide bonds. The molecule has 0 fully saturated rings. The van der Waals surface area contributed by atoms with Gasteiger partial charge in [0.15, 0.2) is 5.82 Å². The van der Waals surface area contributed by atoms with Gasteiger partial charge in [0.25, 0.3) is 0 Å². The highest BCUT2D eigenvalue weighted by molar-refractivity contribution is 5.54. The maximum atomic E-state index is 13.1. The monoisotopic (exact) mass is 277 g/mol. The summed E-state index contributed by atoms with van der Waals surface area (Å²) in [6.07, 6.45) is 3.33. The van der Waals surface area contributed by atoms with Gasteiger partial charge < -0.3 is 5.32 Å². The molecule has 0 atom stereocenters. The van der Waals surface area contributed by atoms with E-state index in [1.54, 1.807) is 12.4 Å². The minimum absolute atomic E-state index is 0.316. The first-order valence-corrected chi connectivity index (χ1v) is 6.52. The van der Waals surface area contributed by atoms with Gasteiger partial charge in [-0.05, 0) is 24.6 Å². The van der Waals surface area contributed by atoms with E-state index < -0.39 is 11.6 Å². The molecule has 1 heterocycles. The van der Waals surface area contributed by atoms with E-state index in [0.29, 0.717) is 23.9 Å². The maximum absolute atomic E-state index is 13.1. The molecule has 2 aromatic rings. The van der Waals surface area contributed by atoms with Crippen molar-refractivity contribution in [3.05, 3.63) is 47.8 Å². The van der Waals surface area contributed by atoms with Crippen LogP contribution in [0, 0.1) is 17.6 Å². The molecule has 0 saturated heterocycles. The van der Waals surface area contributed by atoms with Gasteiger partial charge in [0.1, 0.15) is 11.6 Å². The van der Waals surface area contributed by atoms with E-state index in [2.05, 4.69) is 29.1 Å². The Labute approximate surface area is 117 Å². The molecule has 106 valence electrons. The first-order valence-electron chi connectivity index (χ1n) is 6.52. The molecule has 0 radical (unpaired) electrons. The number of benzene rings is 1. The van der Waals surface area contributed by atoms with Crippen LogP contribution in [0.2, 0.25) is 0 Å². The molecule has 0 aliphatic rings. The Morgan fingerprint density at radius 1 is 1.05 bits per heavy atom. The first-order chi connectivity index (χ1) is 9.54. The van der Waals surface area contributed by atoms with Crippen molar-refractivity contribution >= 4 is 0 Å². The summed E-state index contributed by atoms with van der Waals surface area (Å²) in [5.41, 5.74) is 1.27. The van der Waals surface area contributed by atoms with E-state index >= 15 is 0 Å².